The van der Waals surface area contributed by atoms with E-state index in [0.29, 0.717) is 0 Å². The number of rotatable bonds is 1. The van der Waals surface area contributed by atoms with Gasteiger partial charge in [0.05, 0.1) is 0 Å². The molecule has 0 unspecified atom stereocenters. The summed E-state index contributed by atoms with van der Waals surface area (Å²) in [6.07, 6.45) is -6.28. The fraction of sp³-hybridized carbons (Fsp3) is 0.333. The van der Waals surface area contributed by atoms with Gasteiger partial charge in [-0.15, -0.1) is 0 Å². The van der Waals surface area contributed by atoms with E-state index < -0.39 is 23.5 Å². The zero-order chi connectivity index (χ0) is 8.31. The van der Waals surface area contributed by atoms with Gasteiger partial charge in [0.1, 0.15) is 0 Å². The molecule has 0 spiro atoms. The van der Waals surface area contributed by atoms with Gasteiger partial charge in [-0.2, -0.15) is 8.78 Å². The first kappa shape index (κ1) is 8.73. The zero-order valence-electron chi connectivity index (χ0n) is 4.38. The molecule has 0 aliphatic carbocycles. The second kappa shape index (κ2) is 3.04. The van der Waals surface area contributed by atoms with Crippen molar-refractivity contribution in [2.45, 2.75) is 6.43 Å². The summed E-state index contributed by atoms with van der Waals surface area (Å²) in [7, 11) is 0. The van der Waals surface area contributed by atoms with Gasteiger partial charge in [-0.1, -0.05) is 9.60 Å². The molecule has 0 saturated carbocycles. The molecule has 0 bridgehead atoms. The van der Waals surface area contributed by atoms with Crippen LogP contribution in [-0.2, 0) is 9.90 Å². The number of nitrogens with zero attached hydrogens (tertiary/aromatic N) is 1. The lowest BCUT2D eigenvalue weighted by Crippen LogP contribution is -2.32. The second-order valence-electron chi connectivity index (χ2n) is 1.19. The van der Waals surface area contributed by atoms with Crippen molar-refractivity contribution in [1.82, 2.24) is 5.12 Å². The fourth-order valence-electron chi connectivity index (χ4n) is 0.176. The van der Waals surface area contributed by atoms with Gasteiger partial charge in [0.25, 0.3) is 0 Å². The van der Waals surface area contributed by atoms with Crippen molar-refractivity contribution >= 4 is 12.0 Å². The molecule has 0 aromatic carbocycles. The second-order valence-corrected chi connectivity index (χ2v) is 1.19. The van der Waals surface area contributed by atoms with Crippen molar-refractivity contribution in [1.29, 1.82) is 0 Å². The lowest BCUT2D eigenvalue weighted by Gasteiger charge is -2.00. The third-order valence-electron chi connectivity index (χ3n) is 0.540. The van der Waals surface area contributed by atoms with E-state index in [-0.39, 0.29) is 0 Å². The first-order valence-electron chi connectivity index (χ1n) is 1.95. The molecular weight excluding hydrogens is 155 g/mol. The zero-order valence-corrected chi connectivity index (χ0v) is 4.38. The van der Waals surface area contributed by atoms with E-state index in [9.17, 15) is 28.0 Å². The molecule has 0 heterocycles. The Balaban J connectivity index is 4.08. The smallest absolute Gasteiger partial charge is 0.265 e. The van der Waals surface area contributed by atoms with Crippen molar-refractivity contribution in [3.63, 3.8) is 0 Å². The summed E-state index contributed by atoms with van der Waals surface area (Å²) in [6.45, 7) is 0. The first-order valence-corrected chi connectivity index (χ1v) is 1.95. The highest BCUT2D eigenvalue weighted by atomic mass is 19.3. The minimum atomic E-state index is -3.68. The predicted octanol–water partition coefficient (Wildman–Crippen LogP) is 0.515. The van der Waals surface area contributed by atoms with Crippen LogP contribution in [0.3, 0.4) is 0 Å². The third-order valence-corrected chi connectivity index (χ3v) is 0.540. The predicted molar refractivity (Wildman–Crippen MR) is 20.0 cm³/mol. The Morgan fingerprint density at radius 3 is 1.80 bits per heavy atom. The van der Waals surface area contributed by atoms with Crippen LogP contribution in [0.25, 0.3) is 0 Å². The van der Waals surface area contributed by atoms with Crippen LogP contribution in [0.5, 0.6) is 0 Å². The molecule has 0 saturated heterocycles. The van der Waals surface area contributed by atoms with Crippen LogP contribution in [0.15, 0.2) is 0 Å². The van der Waals surface area contributed by atoms with E-state index in [0.717, 1.165) is 0 Å². The molecule has 2 amide bonds. The average Bonchev–Trinajstić information content (AvgIpc) is 1.84. The monoisotopic (exact) mass is 156 g/mol. The van der Waals surface area contributed by atoms with Gasteiger partial charge in [0.2, 0.25) is 0 Å². The largest absolute Gasteiger partial charge is 0.488 e. The van der Waals surface area contributed by atoms with Crippen LogP contribution in [0.2, 0.25) is 0 Å². The maximum Gasteiger partial charge on any atom is 0.488 e. The third kappa shape index (κ3) is 1.92. The number of alkyl halides is 2. The molecule has 1 radical (unpaired) electrons. The van der Waals surface area contributed by atoms with E-state index in [1.54, 1.807) is 0 Å². The topological polar surface area (TPSA) is 57.3 Å². The Labute approximate surface area is 52.8 Å². The number of carbonyl (C=O) groups excluding carboxylic acids is 2. The quantitative estimate of drug-likeness (QED) is 0.519. The molecule has 0 aromatic rings. The fourth-order valence-corrected chi connectivity index (χ4v) is 0.176. The van der Waals surface area contributed by atoms with Gasteiger partial charge in [0, 0.05) is 0 Å². The summed E-state index contributed by atoms with van der Waals surface area (Å²) >= 11 is 0. The normalized spacial score (nSPS) is 9.60. The number of hydrogen-bond donors (Lipinski definition) is 0. The van der Waals surface area contributed by atoms with Crippen LogP contribution < -0.4 is 0 Å². The number of amides is 2. The van der Waals surface area contributed by atoms with Gasteiger partial charge >= 0.3 is 18.4 Å². The lowest BCUT2D eigenvalue weighted by molar-refractivity contribution is -0.154. The molecular formula is C3HF3NO3. The lowest BCUT2D eigenvalue weighted by atomic mass is 10.6. The first-order chi connectivity index (χ1) is 4.46. The molecule has 0 N–H and O–H groups in total. The highest BCUT2D eigenvalue weighted by Gasteiger charge is 2.29. The molecule has 0 aromatic heterocycles. The van der Waals surface area contributed by atoms with Crippen LogP contribution >= 0.6 is 0 Å². The SMILES string of the molecule is [O]C(=O)N(F)C(=O)C(F)F. The Kier molecular flexibility index (Phi) is 2.65. The summed E-state index contributed by atoms with van der Waals surface area (Å²) in [5, 5.41) is 7.65. The minimum absolute atomic E-state index is 1.68. The summed E-state index contributed by atoms with van der Waals surface area (Å²) in [4.78, 5) is 19.0. The molecule has 57 valence electrons. The Morgan fingerprint density at radius 2 is 1.70 bits per heavy atom. The Hall–Kier alpha value is -1.27. The summed E-state index contributed by atoms with van der Waals surface area (Å²) in [6, 6.07) is 0. The van der Waals surface area contributed by atoms with Crippen molar-refractivity contribution in [2.75, 3.05) is 0 Å². The Bertz CT molecular complexity index is 159. The molecule has 0 aliphatic rings. The maximum absolute atomic E-state index is 11.5. The number of halogens is 3. The number of imide groups is 1. The molecule has 10 heavy (non-hydrogen) atoms. The van der Waals surface area contributed by atoms with E-state index >= 15 is 0 Å². The van der Waals surface area contributed by atoms with Crippen molar-refractivity contribution < 1.29 is 28.0 Å². The van der Waals surface area contributed by atoms with Crippen molar-refractivity contribution in [3.05, 3.63) is 0 Å². The standard InChI is InChI=1S/C3HF3NO3/c4-1(5)2(8)7(6)3(9)10/h1H. The molecule has 0 aliphatic heterocycles. The van der Waals surface area contributed by atoms with Gasteiger partial charge < -0.3 is 0 Å². The van der Waals surface area contributed by atoms with Gasteiger partial charge in [-0.3, -0.25) is 4.79 Å². The van der Waals surface area contributed by atoms with Crippen molar-refractivity contribution in [2.24, 2.45) is 0 Å². The van der Waals surface area contributed by atoms with E-state index in [4.69, 9.17) is 0 Å². The molecule has 0 fully saturated rings. The minimum Gasteiger partial charge on any atom is -0.265 e. The maximum atomic E-state index is 11.5. The van der Waals surface area contributed by atoms with E-state index in [1.807, 2.05) is 0 Å². The van der Waals surface area contributed by atoms with Crippen LogP contribution in [-0.4, -0.2) is 23.5 Å². The summed E-state index contributed by atoms with van der Waals surface area (Å²) in [5.74, 6) is -2.44. The van der Waals surface area contributed by atoms with Crippen molar-refractivity contribution in [3.8, 4) is 0 Å². The molecule has 4 nitrogen and oxygen atoms in total. The van der Waals surface area contributed by atoms with E-state index in [2.05, 4.69) is 0 Å². The average molecular weight is 156 g/mol. The summed E-state index contributed by atoms with van der Waals surface area (Å²) < 4.78 is 33.7. The molecule has 0 atom stereocenters. The van der Waals surface area contributed by atoms with E-state index in [1.165, 1.54) is 0 Å². The molecule has 7 heteroatoms. The highest BCUT2D eigenvalue weighted by Crippen LogP contribution is 2.01. The van der Waals surface area contributed by atoms with Crippen LogP contribution in [0, 0.1) is 0 Å². The van der Waals surface area contributed by atoms with Gasteiger partial charge in [0.15, 0.2) is 0 Å². The summed E-state index contributed by atoms with van der Waals surface area (Å²) in [5.41, 5.74) is 0. The van der Waals surface area contributed by atoms with Gasteiger partial charge in [-0.25, -0.2) is 9.90 Å². The number of hydrogen-bond acceptors (Lipinski definition) is 2. The van der Waals surface area contributed by atoms with Crippen LogP contribution in [0.1, 0.15) is 0 Å². The highest BCUT2D eigenvalue weighted by molar-refractivity contribution is 5.91. The Morgan fingerprint density at radius 1 is 1.30 bits per heavy atom. The number of carbonyl (C=O) groups is 2. The molecule has 0 rings (SSSR count). The van der Waals surface area contributed by atoms with Gasteiger partial charge in [-0.05, 0) is 0 Å². The van der Waals surface area contributed by atoms with Crippen LogP contribution in [0.4, 0.5) is 18.1 Å².